The minimum absolute atomic E-state index is 0.0441. The lowest BCUT2D eigenvalue weighted by molar-refractivity contribution is 0.00809. The molecule has 3 atom stereocenters. The molecule has 3 aliphatic rings. The highest BCUT2D eigenvalue weighted by Crippen LogP contribution is 2.38. The molecule has 106 valence electrons. The van der Waals surface area contributed by atoms with Gasteiger partial charge in [0.25, 0.3) is 5.91 Å². The molecule has 2 aliphatic heterocycles. The third kappa shape index (κ3) is 1.93. The molecule has 0 aromatic heterocycles. The predicted molar refractivity (Wildman–Crippen MR) is 71.2 cm³/mol. The topological polar surface area (TPSA) is 56.8 Å². The van der Waals surface area contributed by atoms with E-state index in [9.17, 15) is 4.79 Å². The molecule has 1 N–H and O–H groups in total. The second kappa shape index (κ2) is 4.66. The molecule has 2 fully saturated rings. The number of hydrogen-bond acceptors (Lipinski definition) is 4. The van der Waals surface area contributed by atoms with Gasteiger partial charge in [-0.3, -0.25) is 4.79 Å². The average Bonchev–Trinajstić information content (AvgIpc) is 2.85. The largest absolute Gasteiger partial charge is 0.486 e. The maximum absolute atomic E-state index is 12.3. The van der Waals surface area contributed by atoms with Crippen LogP contribution in [0.5, 0.6) is 11.5 Å². The first-order chi connectivity index (χ1) is 9.81. The highest BCUT2D eigenvalue weighted by Gasteiger charge is 2.45. The SMILES string of the molecule is O=C(N[C@@H]1C[C@H]2OCC[C@@H]12)c1ccc2c(c1)OCCO2. The van der Waals surface area contributed by atoms with Crippen LogP contribution in [0, 0.1) is 5.92 Å². The molecular formula is C15H17NO4. The van der Waals surface area contributed by atoms with Crippen molar-refractivity contribution >= 4 is 5.91 Å². The average molecular weight is 275 g/mol. The van der Waals surface area contributed by atoms with Gasteiger partial charge in [-0.1, -0.05) is 0 Å². The van der Waals surface area contributed by atoms with Crippen molar-refractivity contribution in [2.45, 2.75) is 25.0 Å². The number of benzene rings is 1. The summed E-state index contributed by atoms with van der Waals surface area (Å²) in [4.78, 5) is 12.3. The zero-order chi connectivity index (χ0) is 13.5. The zero-order valence-corrected chi connectivity index (χ0v) is 11.1. The van der Waals surface area contributed by atoms with Crippen molar-refractivity contribution in [1.82, 2.24) is 5.32 Å². The summed E-state index contributed by atoms with van der Waals surface area (Å²) in [7, 11) is 0. The fourth-order valence-electron chi connectivity index (χ4n) is 3.20. The monoisotopic (exact) mass is 275 g/mol. The first-order valence-corrected chi connectivity index (χ1v) is 7.13. The number of carbonyl (C=O) groups is 1. The summed E-state index contributed by atoms with van der Waals surface area (Å²) < 4.78 is 16.5. The van der Waals surface area contributed by atoms with Gasteiger partial charge in [0.05, 0.1) is 6.10 Å². The van der Waals surface area contributed by atoms with E-state index in [0.717, 1.165) is 19.4 Å². The van der Waals surface area contributed by atoms with Crippen molar-refractivity contribution in [3.63, 3.8) is 0 Å². The molecular weight excluding hydrogens is 258 g/mol. The van der Waals surface area contributed by atoms with Crippen LogP contribution in [0.1, 0.15) is 23.2 Å². The summed E-state index contributed by atoms with van der Waals surface area (Å²) >= 11 is 0. The summed E-state index contributed by atoms with van der Waals surface area (Å²) in [6.45, 7) is 1.91. The van der Waals surface area contributed by atoms with Crippen molar-refractivity contribution in [2.75, 3.05) is 19.8 Å². The summed E-state index contributed by atoms with van der Waals surface area (Å²) in [6, 6.07) is 5.59. The molecule has 1 aromatic carbocycles. The van der Waals surface area contributed by atoms with Crippen LogP contribution < -0.4 is 14.8 Å². The van der Waals surface area contributed by atoms with Crippen molar-refractivity contribution in [3.05, 3.63) is 23.8 Å². The van der Waals surface area contributed by atoms with Crippen LogP contribution in [-0.4, -0.2) is 37.9 Å². The highest BCUT2D eigenvalue weighted by atomic mass is 16.6. The normalized spacial score (nSPS) is 30.3. The Kier molecular flexibility index (Phi) is 2.80. The molecule has 1 amide bonds. The predicted octanol–water partition coefficient (Wildman–Crippen LogP) is 1.37. The highest BCUT2D eigenvalue weighted by molar-refractivity contribution is 5.95. The Morgan fingerprint density at radius 3 is 2.85 bits per heavy atom. The van der Waals surface area contributed by atoms with E-state index < -0.39 is 0 Å². The van der Waals surface area contributed by atoms with Crippen LogP contribution in [-0.2, 0) is 4.74 Å². The van der Waals surface area contributed by atoms with Gasteiger partial charge in [-0.05, 0) is 31.0 Å². The maximum atomic E-state index is 12.3. The van der Waals surface area contributed by atoms with Crippen LogP contribution in [0.4, 0.5) is 0 Å². The Morgan fingerprint density at radius 2 is 2.00 bits per heavy atom. The number of ether oxygens (including phenoxy) is 3. The molecule has 5 heteroatoms. The van der Waals surface area contributed by atoms with E-state index in [1.54, 1.807) is 18.2 Å². The zero-order valence-electron chi connectivity index (χ0n) is 11.1. The van der Waals surface area contributed by atoms with Crippen molar-refractivity contribution < 1.29 is 19.0 Å². The minimum atomic E-state index is -0.0441. The maximum Gasteiger partial charge on any atom is 0.251 e. The Labute approximate surface area is 117 Å². The van der Waals surface area contributed by atoms with Gasteiger partial charge in [-0.15, -0.1) is 0 Å². The number of fused-ring (bicyclic) bond motifs is 2. The summed E-state index contributed by atoms with van der Waals surface area (Å²) in [5.74, 6) is 1.81. The summed E-state index contributed by atoms with van der Waals surface area (Å²) in [6.07, 6.45) is 2.35. The molecule has 1 saturated carbocycles. The fraction of sp³-hybridized carbons (Fsp3) is 0.533. The van der Waals surface area contributed by atoms with Gasteiger partial charge in [-0.25, -0.2) is 0 Å². The second-order valence-corrected chi connectivity index (χ2v) is 5.54. The summed E-state index contributed by atoms with van der Waals surface area (Å²) in [5.41, 5.74) is 0.622. The van der Waals surface area contributed by atoms with E-state index in [2.05, 4.69) is 5.32 Å². The van der Waals surface area contributed by atoms with Gasteiger partial charge >= 0.3 is 0 Å². The number of rotatable bonds is 2. The molecule has 0 unspecified atom stereocenters. The number of carbonyl (C=O) groups excluding carboxylic acids is 1. The first kappa shape index (κ1) is 12.0. The number of hydrogen-bond donors (Lipinski definition) is 1. The van der Waals surface area contributed by atoms with Crippen LogP contribution in [0.25, 0.3) is 0 Å². The van der Waals surface area contributed by atoms with Gasteiger partial charge in [0.2, 0.25) is 0 Å². The van der Waals surface area contributed by atoms with E-state index in [4.69, 9.17) is 14.2 Å². The van der Waals surface area contributed by atoms with Crippen LogP contribution >= 0.6 is 0 Å². The van der Waals surface area contributed by atoms with Crippen LogP contribution in [0.15, 0.2) is 18.2 Å². The van der Waals surface area contributed by atoms with Gasteiger partial charge in [0.1, 0.15) is 13.2 Å². The van der Waals surface area contributed by atoms with E-state index in [-0.39, 0.29) is 11.9 Å². The molecule has 0 spiro atoms. The molecule has 5 nitrogen and oxygen atoms in total. The molecule has 0 radical (unpaired) electrons. The molecule has 1 aromatic rings. The van der Waals surface area contributed by atoms with Crippen LogP contribution in [0.2, 0.25) is 0 Å². The van der Waals surface area contributed by atoms with E-state index >= 15 is 0 Å². The minimum Gasteiger partial charge on any atom is -0.486 e. The van der Waals surface area contributed by atoms with E-state index in [1.165, 1.54) is 0 Å². The lowest BCUT2D eigenvalue weighted by Gasteiger charge is -2.39. The lowest BCUT2D eigenvalue weighted by Crippen LogP contribution is -2.53. The quantitative estimate of drug-likeness (QED) is 0.885. The molecule has 1 aliphatic carbocycles. The Bertz CT molecular complexity index is 545. The molecule has 20 heavy (non-hydrogen) atoms. The van der Waals surface area contributed by atoms with Crippen molar-refractivity contribution in [1.29, 1.82) is 0 Å². The molecule has 2 heterocycles. The Hall–Kier alpha value is -1.75. The van der Waals surface area contributed by atoms with Crippen molar-refractivity contribution in [2.24, 2.45) is 5.92 Å². The van der Waals surface area contributed by atoms with Crippen molar-refractivity contribution in [3.8, 4) is 11.5 Å². The van der Waals surface area contributed by atoms with Gasteiger partial charge in [0, 0.05) is 24.1 Å². The number of amides is 1. The molecule has 0 bridgehead atoms. The third-order valence-electron chi connectivity index (χ3n) is 4.38. The smallest absolute Gasteiger partial charge is 0.251 e. The van der Waals surface area contributed by atoms with E-state index in [0.29, 0.717) is 42.3 Å². The fourth-order valence-corrected chi connectivity index (χ4v) is 3.20. The third-order valence-corrected chi connectivity index (χ3v) is 4.38. The first-order valence-electron chi connectivity index (χ1n) is 7.13. The van der Waals surface area contributed by atoms with Gasteiger partial charge < -0.3 is 19.5 Å². The van der Waals surface area contributed by atoms with E-state index in [1.807, 2.05) is 0 Å². The second-order valence-electron chi connectivity index (χ2n) is 5.54. The lowest BCUT2D eigenvalue weighted by atomic mass is 9.76. The molecule has 1 saturated heterocycles. The standard InChI is InChI=1S/C15H17NO4/c17-15(16-11-8-13-10(11)3-4-18-13)9-1-2-12-14(7-9)20-6-5-19-12/h1-2,7,10-11,13H,3-6,8H2,(H,16,17)/t10-,11+,13+/m0/s1. The molecule has 4 rings (SSSR count). The van der Waals surface area contributed by atoms with Crippen LogP contribution in [0.3, 0.4) is 0 Å². The van der Waals surface area contributed by atoms with Gasteiger partial charge in [-0.2, -0.15) is 0 Å². The number of nitrogens with one attached hydrogen (secondary N) is 1. The summed E-state index contributed by atoms with van der Waals surface area (Å²) in [5, 5.41) is 3.10. The Morgan fingerprint density at radius 1 is 1.15 bits per heavy atom. The Balaban J connectivity index is 1.46. The van der Waals surface area contributed by atoms with Gasteiger partial charge in [0.15, 0.2) is 11.5 Å².